The number of nitrogens with one attached hydrogen (secondary N) is 1. The van der Waals surface area contributed by atoms with Gasteiger partial charge in [-0.3, -0.25) is 9.59 Å². The van der Waals surface area contributed by atoms with E-state index >= 15 is 0 Å². The highest BCUT2D eigenvalue weighted by Gasteiger charge is 2.34. The quantitative estimate of drug-likeness (QED) is 0.643. The number of nitrogens with zero attached hydrogens (tertiary/aromatic N) is 3. The highest BCUT2D eigenvalue weighted by Crippen LogP contribution is 2.29. The molecule has 1 aromatic rings. The summed E-state index contributed by atoms with van der Waals surface area (Å²) in [5, 5.41) is 11.6. The van der Waals surface area contributed by atoms with E-state index in [1.54, 1.807) is 16.8 Å². The molecule has 0 aromatic heterocycles. The standard InChI is InChI=1S/C23H29F3N4O4/c1-15-7-10-30(13-19(15)27-20(32)14-31)22(34)29-11-8-18(9-12-29)28(2)21(33)16-3-5-17(6-4-16)23(24,25)26/h3-6,18-19,31H,1,7-14H2,2H3,(H,27,32)/t19-/m1/s1. The van der Waals surface area contributed by atoms with Crippen molar-refractivity contribution >= 4 is 17.8 Å². The maximum Gasteiger partial charge on any atom is 0.416 e. The SMILES string of the molecule is C=C1CCN(C(=O)N2CCC(N(C)C(=O)c3ccc(C(F)(F)F)cc3)CC2)C[C@H]1NC(=O)CO. The van der Waals surface area contributed by atoms with Crippen molar-refractivity contribution in [2.45, 2.75) is 37.5 Å². The van der Waals surface area contributed by atoms with E-state index in [0.717, 1.165) is 17.7 Å². The van der Waals surface area contributed by atoms with Gasteiger partial charge in [-0.05, 0) is 43.5 Å². The lowest BCUT2D eigenvalue weighted by atomic mass is 9.99. The summed E-state index contributed by atoms with van der Waals surface area (Å²) in [6, 6.07) is 3.43. The number of hydrogen-bond acceptors (Lipinski definition) is 4. The van der Waals surface area contributed by atoms with Crippen molar-refractivity contribution in [3.05, 3.63) is 47.5 Å². The van der Waals surface area contributed by atoms with Crippen LogP contribution in [0.1, 0.15) is 35.2 Å². The lowest BCUT2D eigenvalue weighted by Gasteiger charge is -2.41. The number of aliphatic hydroxyl groups is 1. The first kappa shape index (κ1) is 25.5. The Morgan fingerprint density at radius 3 is 2.29 bits per heavy atom. The highest BCUT2D eigenvalue weighted by atomic mass is 19.4. The van der Waals surface area contributed by atoms with Gasteiger partial charge < -0.3 is 25.1 Å². The molecule has 1 aromatic carbocycles. The summed E-state index contributed by atoms with van der Waals surface area (Å²) < 4.78 is 38.3. The van der Waals surface area contributed by atoms with Crippen LogP contribution in [0.4, 0.5) is 18.0 Å². The van der Waals surface area contributed by atoms with Crippen LogP contribution in [0.25, 0.3) is 0 Å². The number of piperidine rings is 2. The Balaban J connectivity index is 1.54. The van der Waals surface area contributed by atoms with Crippen LogP contribution in [0.3, 0.4) is 0 Å². The van der Waals surface area contributed by atoms with Crippen molar-refractivity contribution in [2.24, 2.45) is 0 Å². The molecule has 11 heteroatoms. The number of benzene rings is 1. The van der Waals surface area contributed by atoms with Gasteiger partial charge in [-0.2, -0.15) is 13.2 Å². The lowest BCUT2D eigenvalue weighted by Crippen LogP contribution is -2.56. The number of likely N-dealkylation sites (tertiary alicyclic amines) is 2. The van der Waals surface area contributed by atoms with E-state index in [9.17, 15) is 27.6 Å². The van der Waals surface area contributed by atoms with E-state index in [4.69, 9.17) is 5.11 Å². The highest BCUT2D eigenvalue weighted by molar-refractivity contribution is 5.94. The molecule has 0 bridgehead atoms. The number of alkyl halides is 3. The van der Waals surface area contributed by atoms with Gasteiger partial charge in [0.15, 0.2) is 0 Å². The van der Waals surface area contributed by atoms with Gasteiger partial charge in [-0.1, -0.05) is 12.2 Å². The summed E-state index contributed by atoms with van der Waals surface area (Å²) in [5.74, 6) is -0.891. The molecule has 2 N–H and O–H groups in total. The van der Waals surface area contributed by atoms with E-state index in [0.29, 0.717) is 38.9 Å². The molecule has 2 aliphatic heterocycles. The minimum absolute atomic E-state index is 0.142. The fourth-order valence-electron chi connectivity index (χ4n) is 4.27. The molecule has 2 saturated heterocycles. The number of urea groups is 1. The smallest absolute Gasteiger partial charge is 0.387 e. The zero-order chi connectivity index (χ0) is 25.0. The average Bonchev–Trinajstić information content (AvgIpc) is 2.83. The summed E-state index contributed by atoms with van der Waals surface area (Å²) in [7, 11) is 1.62. The van der Waals surface area contributed by atoms with Crippen LogP contribution in [0, 0.1) is 0 Å². The van der Waals surface area contributed by atoms with Crippen molar-refractivity contribution in [3.63, 3.8) is 0 Å². The second kappa shape index (κ2) is 10.5. The van der Waals surface area contributed by atoms with E-state index in [1.807, 2.05) is 0 Å². The molecule has 0 radical (unpaired) electrons. The average molecular weight is 483 g/mol. The summed E-state index contributed by atoms with van der Waals surface area (Å²) in [4.78, 5) is 42.1. The molecule has 3 rings (SSSR count). The Kier molecular flexibility index (Phi) is 7.86. The number of rotatable bonds is 4. The monoisotopic (exact) mass is 482 g/mol. The van der Waals surface area contributed by atoms with Gasteiger partial charge in [-0.15, -0.1) is 0 Å². The summed E-state index contributed by atoms with van der Waals surface area (Å²) in [5.41, 5.74) is 0.171. The first-order valence-corrected chi connectivity index (χ1v) is 11.1. The van der Waals surface area contributed by atoms with Crippen LogP contribution in [-0.4, -0.2) is 89.6 Å². The molecular weight excluding hydrogens is 453 g/mol. The Morgan fingerprint density at radius 2 is 1.74 bits per heavy atom. The van der Waals surface area contributed by atoms with Crippen molar-refractivity contribution in [1.29, 1.82) is 0 Å². The van der Waals surface area contributed by atoms with Crippen molar-refractivity contribution in [2.75, 3.05) is 39.8 Å². The van der Waals surface area contributed by atoms with Gasteiger partial charge >= 0.3 is 12.2 Å². The first-order valence-electron chi connectivity index (χ1n) is 11.1. The third-order valence-electron chi connectivity index (χ3n) is 6.41. The summed E-state index contributed by atoms with van der Waals surface area (Å²) >= 11 is 0. The molecule has 0 spiro atoms. The predicted molar refractivity (Wildman–Crippen MR) is 118 cm³/mol. The fraction of sp³-hybridized carbons (Fsp3) is 0.522. The zero-order valence-corrected chi connectivity index (χ0v) is 19.0. The molecule has 0 aliphatic carbocycles. The number of aliphatic hydroxyl groups excluding tert-OH is 1. The van der Waals surface area contributed by atoms with E-state index in [2.05, 4.69) is 11.9 Å². The minimum atomic E-state index is -4.46. The zero-order valence-electron chi connectivity index (χ0n) is 19.0. The predicted octanol–water partition coefficient (Wildman–Crippen LogP) is 2.10. The van der Waals surface area contributed by atoms with E-state index < -0.39 is 30.3 Å². The lowest BCUT2D eigenvalue weighted by molar-refractivity contribution is -0.137. The Morgan fingerprint density at radius 1 is 1.12 bits per heavy atom. The van der Waals surface area contributed by atoms with Gasteiger partial charge in [0, 0.05) is 44.8 Å². The van der Waals surface area contributed by atoms with Crippen LogP contribution >= 0.6 is 0 Å². The third-order valence-corrected chi connectivity index (χ3v) is 6.41. The van der Waals surface area contributed by atoms with Gasteiger partial charge in [0.1, 0.15) is 6.61 Å². The molecule has 186 valence electrons. The Labute approximate surface area is 196 Å². The van der Waals surface area contributed by atoms with Crippen LogP contribution in [0.5, 0.6) is 0 Å². The van der Waals surface area contributed by atoms with Gasteiger partial charge in [-0.25, -0.2) is 4.79 Å². The molecule has 2 heterocycles. The van der Waals surface area contributed by atoms with Crippen LogP contribution < -0.4 is 5.32 Å². The van der Waals surface area contributed by atoms with Crippen molar-refractivity contribution < 1.29 is 32.7 Å². The van der Waals surface area contributed by atoms with Gasteiger partial charge in [0.2, 0.25) is 5.91 Å². The number of amides is 4. The molecule has 34 heavy (non-hydrogen) atoms. The van der Waals surface area contributed by atoms with Gasteiger partial charge in [0.25, 0.3) is 5.91 Å². The second-order valence-electron chi connectivity index (χ2n) is 8.62. The van der Waals surface area contributed by atoms with E-state index in [1.165, 1.54) is 17.0 Å². The molecule has 8 nitrogen and oxygen atoms in total. The van der Waals surface area contributed by atoms with E-state index in [-0.39, 0.29) is 30.1 Å². The maximum absolute atomic E-state index is 13.0. The normalized spacial score (nSPS) is 19.7. The minimum Gasteiger partial charge on any atom is -0.387 e. The van der Waals surface area contributed by atoms with Crippen LogP contribution in [0.2, 0.25) is 0 Å². The molecule has 0 saturated carbocycles. The molecular formula is C23H29F3N4O4. The number of carbonyl (C=O) groups excluding carboxylic acids is 3. The Bertz CT molecular complexity index is 927. The molecule has 2 aliphatic rings. The largest absolute Gasteiger partial charge is 0.416 e. The molecule has 0 unspecified atom stereocenters. The number of hydrogen-bond donors (Lipinski definition) is 2. The fourth-order valence-corrected chi connectivity index (χ4v) is 4.27. The van der Waals surface area contributed by atoms with Gasteiger partial charge in [0.05, 0.1) is 11.6 Å². The molecule has 4 amide bonds. The molecule has 2 fully saturated rings. The molecule has 1 atom stereocenters. The van der Waals surface area contributed by atoms with Crippen LogP contribution in [0.15, 0.2) is 36.4 Å². The second-order valence-corrected chi connectivity index (χ2v) is 8.62. The number of halogens is 3. The topological polar surface area (TPSA) is 93.2 Å². The van der Waals surface area contributed by atoms with Crippen LogP contribution in [-0.2, 0) is 11.0 Å². The summed E-state index contributed by atoms with van der Waals surface area (Å²) in [6.45, 7) is 4.92. The van der Waals surface area contributed by atoms with Crippen molar-refractivity contribution in [3.8, 4) is 0 Å². The number of carbonyl (C=O) groups is 3. The van der Waals surface area contributed by atoms with Crippen molar-refractivity contribution in [1.82, 2.24) is 20.0 Å². The third kappa shape index (κ3) is 5.88. The first-order chi connectivity index (χ1) is 16.0. The maximum atomic E-state index is 13.0. The Hall–Kier alpha value is -3.08. The summed E-state index contributed by atoms with van der Waals surface area (Å²) in [6.07, 6.45) is -2.83.